The molecule has 2 atom stereocenters. The van der Waals surface area contributed by atoms with Gasteiger partial charge in [0.1, 0.15) is 0 Å². The number of benzene rings is 1. The summed E-state index contributed by atoms with van der Waals surface area (Å²) in [5.41, 5.74) is 1.88. The summed E-state index contributed by atoms with van der Waals surface area (Å²) < 4.78 is 31.9. The lowest BCUT2D eigenvalue weighted by molar-refractivity contribution is -0.148. The molecule has 0 saturated heterocycles. The molecule has 0 spiro atoms. The summed E-state index contributed by atoms with van der Waals surface area (Å²) in [5.74, 6) is -0.509. The standard InChI is InChI=1S/C20H30N2O5S/c1-14-8-9-17(12-16(14)3)28(25,26)21-11-10-20(24)27-13-19(23)22-18-7-5-4-6-15(18)2/h8-9,12,15,18,21H,4-7,10-11,13H2,1-3H3,(H,22,23)/t15-,18+/m0/s1. The minimum absolute atomic E-state index is 0.0879. The number of carbonyl (C=O) groups is 2. The molecule has 2 N–H and O–H groups in total. The van der Waals surface area contributed by atoms with Crippen LogP contribution in [-0.2, 0) is 24.3 Å². The number of nitrogens with one attached hydrogen (secondary N) is 2. The lowest BCUT2D eigenvalue weighted by Crippen LogP contribution is -2.43. The van der Waals surface area contributed by atoms with Crippen LogP contribution in [0.4, 0.5) is 0 Å². The molecule has 1 saturated carbocycles. The van der Waals surface area contributed by atoms with E-state index in [0.29, 0.717) is 5.92 Å². The van der Waals surface area contributed by atoms with E-state index in [1.54, 1.807) is 12.1 Å². The van der Waals surface area contributed by atoms with Gasteiger partial charge < -0.3 is 10.1 Å². The second kappa shape index (κ2) is 10.0. The fourth-order valence-electron chi connectivity index (χ4n) is 3.25. The van der Waals surface area contributed by atoms with E-state index < -0.39 is 16.0 Å². The van der Waals surface area contributed by atoms with Gasteiger partial charge in [-0.25, -0.2) is 13.1 Å². The van der Waals surface area contributed by atoms with Gasteiger partial charge in [-0.2, -0.15) is 0 Å². The molecule has 1 amide bonds. The molecule has 7 nitrogen and oxygen atoms in total. The van der Waals surface area contributed by atoms with E-state index in [1.807, 2.05) is 13.8 Å². The maximum atomic E-state index is 12.3. The summed E-state index contributed by atoms with van der Waals surface area (Å²) in [6, 6.07) is 4.99. The highest BCUT2D eigenvalue weighted by Gasteiger charge is 2.23. The van der Waals surface area contributed by atoms with Crippen LogP contribution in [0.2, 0.25) is 0 Å². The highest BCUT2D eigenvalue weighted by Crippen LogP contribution is 2.23. The van der Waals surface area contributed by atoms with Crippen molar-refractivity contribution in [1.82, 2.24) is 10.0 Å². The average Bonchev–Trinajstić information content (AvgIpc) is 2.64. The second-order valence-corrected chi connectivity index (χ2v) is 9.26. The van der Waals surface area contributed by atoms with Crippen molar-refractivity contribution in [3.63, 3.8) is 0 Å². The molecule has 0 unspecified atom stereocenters. The molecular weight excluding hydrogens is 380 g/mol. The van der Waals surface area contributed by atoms with Crippen LogP contribution in [0, 0.1) is 19.8 Å². The van der Waals surface area contributed by atoms with Crippen molar-refractivity contribution in [3.8, 4) is 0 Å². The maximum absolute atomic E-state index is 12.3. The maximum Gasteiger partial charge on any atom is 0.307 e. The first kappa shape index (κ1) is 22.4. The Kier molecular flexibility index (Phi) is 8.00. The third-order valence-electron chi connectivity index (χ3n) is 5.23. The molecule has 0 radical (unpaired) electrons. The van der Waals surface area contributed by atoms with Crippen LogP contribution in [0.3, 0.4) is 0 Å². The molecule has 0 heterocycles. The van der Waals surface area contributed by atoms with Crippen LogP contribution >= 0.6 is 0 Å². The first-order valence-corrected chi connectivity index (χ1v) is 11.2. The molecule has 28 heavy (non-hydrogen) atoms. The number of aryl methyl sites for hydroxylation is 2. The lowest BCUT2D eigenvalue weighted by atomic mass is 9.86. The topological polar surface area (TPSA) is 102 Å². The van der Waals surface area contributed by atoms with Crippen LogP contribution in [0.5, 0.6) is 0 Å². The van der Waals surface area contributed by atoms with E-state index in [0.717, 1.165) is 30.4 Å². The molecule has 1 aromatic carbocycles. The predicted octanol–water partition coefficient (Wildman–Crippen LogP) is 2.21. The van der Waals surface area contributed by atoms with Gasteiger partial charge in [0.2, 0.25) is 10.0 Å². The fourth-order valence-corrected chi connectivity index (χ4v) is 4.37. The summed E-state index contributed by atoms with van der Waals surface area (Å²) in [5, 5.41) is 2.91. The molecule has 1 aromatic rings. The van der Waals surface area contributed by atoms with Crippen molar-refractivity contribution >= 4 is 21.9 Å². The Morgan fingerprint density at radius 2 is 1.86 bits per heavy atom. The summed E-state index contributed by atoms with van der Waals surface area (Å²) in [6.07, 6.45) is 4.17. The van der Waals surface area contributed by atoms with Gasteiger partial charge in [0.15, 0.2) is 6.61 Å². The Balaban J connectivity index is 1.71. The molecule has 2 rings (SSSR count). The molecular formula is C20H30N2O5S. The molecule has 0 aliphatic heterocycles. The van der Waals surface area contributed by atoms with Crippen molar-refractivity contribution in [3.05, 3.63) is 29.3 Å². The van der Waals surface area contributed by atoms with Gasteiger partial charge in [-0.15, -0.1) is 0 Å². The summed E-state index contributed by atoms with van der Waals surface area (Å²) >= 11 is 0. The number of carbonyl (C=O) groups excluding carboxylic acids is 2. The van der Waals surface area contributed by atoms with Crippen molar-refractivity contribution in [2.75, 3.05) is 13.2 Å². The zero-order chi connectivity index (χ0) is 20.7. The first-order chi connectivity index (χ1) is 13.2. The van der Waals surface area contributed by atoms with E-state index in [4.69, 9.17) is 4.74 Å². The van der Waals surface area contributed by atoms with Gasteiger partial charge >= 0.3 is 5.97 Å². The van der Waals surface area contributed by atoms with Crippen molar-refractivity contribution in [1.29, 1.82) is 0 Å². The van der Waals surface area contributed by atoms with Crippen molar-refractivity contribution in [2.45, 2.75) is 63.8 Å². The van der Waals surface area contributed by atoms with Crippen molar-refractivity contribution < 1.29 is 22.7 Å². The van der Waals surface area contributed by atoms with Gasteiger partial charge in [-0.05, 0) is 55.9 Å². The van der Waals surface area contributed by atoms with Gasteiger partial charge in [0.05, 0.1) is 11.3 Å². The number of ether oxygens (including phenoxy) is 1. The number of hydrogen-bond donors (Lipinski definition) is 2. The van der Waals surface area contributed by atoms with Crippen LogP contribution in [0.1, 0.15) is 50.2 Å². The minimum atomic E-state index is -3.69. The Morgan fingerprint density at radius 1 is 1.14 bits per heavy atom. The monoisotopic (exact) mass is 410 g/mol. The Morgan fingerprint density at radius 3 is 2.54 bits per heavy atom. The predicted molar refractivity (Wildman–Crippen MR) is 106 cm³/mol. The number of rotatable bonds is 8. The third-order valence-corrected chi connectivity index (χ3v) is 6.69. The van der Waals surface area contributed by atoms with E-state index in [1.165, 1.54) is 12.5 Å². The molecule has 0 bridgehead atoms. The second-order valence-electron chi connectivity index (χ2n) is 7.49. The third kappa shape index (κ3) is 6.60. The molecule has 0 aromatic heterocycles. The molecule has 1 aliphatic rings. The molecule has 1 aliphatic carbocycles. The smallest absolute Gasteiger partial charge is 0.307 e. The zero-order valence-electron chi connectivity index (χ0n) is 16.8. The fraction of sp³-hybridized carbons (Fsp3) is 0.600. The largest absolute Gasteiger partial charge is 0.456 e. The highest BCUT2D eigenvalue weighted by molar-refractivity contribution is 7.89. The lowest BCUT2D eigenvalue weighted by Gasteiger charge is -2.29. The summed E-state index contributed by atoms with van der Waals surface area (Å²) in [4.78, 5) is 23.9. The number of hydrogen-bond acceptors (Lipinski definition) is 5. The van der Waals surface area contributed by atoms with Crippen LogP contribution in [0.25, 0.3) is 0 Å². The number of sulfonamides is 1. The van der Waals surface area contributed by atoms with Crippen LogP contribution < -0.4 is 10.0 Å². The molecule has 1 fully saturated rings. The summed E-state index contributed by atoms with van der Waals surface area (Å²) in [6.45, 7) is 5.42. The minimum Gasteiger partial charge on any atom is -0.456 e. The van der Waals surface area contributed by atoms with E-state index >= 15 is 0 Å². The normalized spacial score (nSPS) is 19.8. The van der Waals surface area contributed by atoms with Gasteiger partial charge in [0, 0.05) is 12.6 Å². The number of amides is 1. The quantitative estimate of drug-likeness (QED) is 0.640. The van der Waals surface area contributed by atoms with Gasteiger partial charge in [0.25, 0.3) is 5.91 Å². The van der Waals surface area contributed by atoms with Crippen LogP contribution in [-0.4, -0.2) is 39.5 Å². The SMILES string of the molecule is Cc1ccc(S(=O)(=O)NCCC(=O)OCC(=O)N[C@@H]2CCCC[C@@H]2C)cc1C. The van der Waals surface area contributed by atoms with Gasteiger partial charge in [-0.3, -0.25) is 9.59 Å². The molecule has 156 valence electrons. The number of esters is 1. The summed E-state index contributed by atoms with van der Waals surface area (Å²) in [7, 11) is -3.69. The van der Waals surface area contributed by atoms with Gasteiger partial charge in [-0.1, -0.05) is 25.8 Å². The molecule has 8 heteroatoms. The van der Waals surface area contributed by atoms with E-state index in [9.17, 15) is 18.0 Å². The highest BCUT2D eigenvalue weighted by atomic mass is 32.2. The van der Waals surface area contributed by atoms with E-state index in [-0.39, 0.29) is 36.4 Å². The average molecular weight is 411 g/mol. The Bertz CT molecular complexity index is 807. The Labute approximate surface area is 167 Å². The van der Waals surface area contributed by atoms with Crippen molar-refractivity contribution in [2.24, 2.45) is 5.92 Å². The van der Waals surface area contributed by atoms with E-state index in [2.05, 4.69) is 17.0 Å². The first-order valence-electron chi connectivity index (χ1n) is 9.71. The zero-order valence-corrected chi connectivity index (χ0v) is 17.6. The van der Waals surface area contributed by atoms with Crippen LogP contribution in [0.15, 0.2) is 23.1 Å². The Hall–Kier alpha value is -1.93.